The number of nitrogens with one attached hydrogen (secondary N) is 2. The molecule has 0 saturated heterocycles. The third kappa shape index (κ3) is 3.23. The summed E-state index contributed by atoms with van der Waals surface area (Å²) < 4.78 is 0.548. The summed E-state index contributed by atoms with van der Waals surface area (Å²) in [6.45, 7) is 2.42. The molecule has 2 rings (SSSR count). The molecule has 1 fully saturated rings. The summed E-state index contributed by atoms with van der Waals surface area (Å²) in [5.41, 5.74) is 0.605. The van der Waals surface area contributed by atoms with Crippen molar-refractivity contribution in [3.63, 3.8) is 0 Å². The summed E-state index contributed by atoms with van der Waals surface area (Å²) in [4.78, 5) is 22.5. The Morgan fingerprint density at radius 1 is 1.53 bits per heavy atom. The Hall–Kier alpha value is -1.63. The molecule has 0 spiro atoms. The molecule has 1 aromatic rings. The summed E-state index contributed by atoms with van der Waals surface area (Å²) in [6.07, 6.45) is 1.95. The van der Waals surface area contributed by atoms with E-state index in [9.17, 15) is 14.9 Å². The molecule has 1 amide bonds. The van der Waals surface area contributed by atoms with Crippen LogP contribution < -0.4 is 10.6 Å². The van der Waals surface area contributed by atoms with Gasteiger partial charge in [0.2, 0.25) is 0 Å². The summed E-state index contributed by atoms with van der Waals surface area (Å²) in [7, 11) is 0. The van der Waals surface area contributed by atoms with Gasteiger partial charge in [-0.3, -0.25) is 14.9 Å². The first-order valence-corrected chi connectivity index (χ1v) is 6.85. The quantitative estimate of drug-likeness (QED) is 0.643. The van der Waals surface area contributed by atoms with Gasteiger partial charge in [0.05, 0.1) is 10.5 Å². The van der Waals surface area contributed by atoms with E-state index in [0.29, 0.717) is 22.3 Å². The van der Waals surface area contributed by atoms with Crippen molar-refractivity contribution in [1.29, 1.82) is 0 Å². The van der Waals surface area contributed by atoms with Crippen LogP contribution in [0.1, 0.15) is 30.1 Å². The van der Waals surface area contributed by atoms with E-state index >= 15 is 0 Å². The zero-order valence-electron chi connectivity index (χ0n) is 10.4. The highest BCUT2D eigenvalue weighted by atomic mass is 79.9. The van der Waals surface area contributed by atoms with Gasteiger partial charge in [-0.15, -0.1) is 0 Å². The van der Waals surface area contributed by atoms with Crippen molar-refractivity contribution in [2.45, 2.75) is 25.8 Å². The van der Waals surface area contributed by atoms with Gasteiger partial charge in [-0.05, 0) is 41.8 Å². The first-order chi connectivity index (χ1) is 9.02. The number of nitro benzene ring substituents is 1. The van der Waals surface area contributed by atoms with Crippen molar-refractivity contribution >= 4 is 33.2 Å². The highest BCUT2D eigenvalue weighted by molar-refractivity contribution is 9.10. The maximum atomic E-state index is 12.0. The fourth-order valence-corrected chi connectivity index (χ4v) is 2.23. The van der Waals surface area contributed by atoms with Crippen LogP contribution in [-0.2, 0) is 0 Å². The molecule has 7 heteroatoms. The van der Waals surface area contributed by atoms with Gasteiger partial charge >= 0.3 is 0 Å². The summed E-state index contributed by atoms with van der Waals surface area (Å²) >= 11 is 3.29. The van der Waals surface area contributed by atoms with Crippen molar-refractivity contribution in [3.05, 3.63) is 32.3 Å². The topological polar surface area (TPSA) is 84.3 Å². The molecular formula is C12H14BrN3O3. The van der Waals surface area contributed by atoms with Gasteiger partial charge in [0.15, 0.2) is 0 Å². The second-order valence-corrected chi connectivity index (χ2v) is 5.24. The van der Waals surface area contributed by atoms with Crippen LogP contribution in [0, 0.1) is 10.1 Å². The van der Waals surface area contributed by atoms with Gasteiger partial charge in [-0.25, -0.2) is 0 Å². The van der Waals surface area contributed by atoms with Crippen molar-refractivity contribution in [1.82, 2.24) is 5.32 Å². The van der Waals surface area contributed by atoms with E-state index in [1.807, 2.05) is 6.92 Å². The average Bonchev–Trinajstić information content (AvgIpc) is 3.12. The van der Waals surface area contributed by atoms with Crippen LogP contribution in [0.2, 0.25) is 0 Å². The zero-order chi connectivity index (χ0) is 14.0. The van der Waals surface area contributed by atoms with E-state index in [1.54, 1.807) is 6.07 Å². The number of carbonyl (C=O) groups excluding carboxylic acids is 1. The van der Waals surface area contributed by atoms with Crippen molar-refractivity contribution in [2.24, 2.45) is 0 Å². The van der Waals surface area contributed by atoms with Gasteiger partial charge in [0.1, 0.15) is 5.69 Å². The molecule has 1 aromatic carbocycles. The van der Waals surface area contributed by atoms with Crippen molar-refractivity contribution in [3.8, 4) is 0 Å². The Morgan fingerprint density at radius 3 is 2.74 bits per heavy atom. The molecular weight excluding hydrogens is 314 g/mol. The summed E-state index contributed by atoms with van der Waals surface area (Å²) in [5, 5.41) is 16.8. The molecule has 0 radical (unpaired) electrons. The van der Waals surface area contributed by atoms with Crippen LogP contribution in [0.25, 0.3) is 0 Å². The molecule has 1 aliphatic rings. The highest BCUT2D eigenvalue weighted by Gasteiger charge is 2.26. The normalized spacial score (nSPS) is 14.0. The molecule has 0 aromatic heterocycles. The number of hydrogen-bond acceptors (Lipinski definition) is 4. The molecule has 0 aliphatic heterocycles. The van der Waals surface area contributed by atoms with Crippen molar-refractivity contribution < 1.29 is 9.72 Å². The third-order valence-electron chi connectivity index (χ3n) is 2.81. The number of benzene rings is 1. The summed E-state index contributed by atoms with van der Waals surface area (Å²) in [5.74, 6) is -0.277. The Balaban J connectivity index is 2.35. The second-order valence-electron chi connectivity index (χ2n) is 4.38. The predicted octanol–water partition coefficient (Wildman–Crippen LogP) is 2.68. The van der Waals surface area contributed by atoms with E-state index in [4.69, 9.17) is 0 Å². The molecule has 0 unspecified atom stereocenters. The minimum Gasteiger partial charge on any atom is -0.380 e. The standard InChI is InChI=1S/C12H14BrN3O3/c1-2-14-10-6-9(13)8(5-11(10)16(18)19)12(17)15-7-3-4-7/h5-7,14H,2-4H2,1H3,(H,15,17). The highest BCUT2D eigenvalue weighted by Crippen LogP contribution is 2.32. The fourth-order valence-electron chi connectivity index (χ4n) is 1.71. The predicted molar refractivity (Wildman–Crippen MR) is 75.4 cm³/mol. The van der Waals surface area contributed by atoms with E-state index in [-0.39, 0.29) is 17.6 Å². The van der Waals surface area contributed by atoms with Crippen LogP contribution in [0.15, 0.2) is 16.6 Å². The number of carbonyl (C=O) groups is 1. The fraction of sp³-hybridized carbons (Fsp3) is 0.417. The molecule has 2 N–H and O–H groups in total. The lowest BCUT2D eigenvalue weighted by molar-refractivity contribution is -0.384. The lowest BCUT2D eigenvalue weighted by atomic mass is 10.1. The minimum atomic E-state index is -0.488. The van der Waals surface area contributed by atoms with Gasteiger partial charge < -0.3 is 10.6 Å². The monoisotopic (exact) mass is 327 g/mol. The molecule has 6 nitrogen and oxygen atoms in total. The maximum absolute atomic E-state index is 12.0. The van der Waals surface area contributed by atoms with Crippen LogP contribution in [-0.4, -0.2) is 23.4 Å². The summed E-state index contributed by atoms with van der Waals surface area (Å²) in [6, 6.07) is 3.09. The Morgan fingerprint density at radius 2 is 2.21 bits per heavy atom. The lowest BCUT2D eigenvalue weighted by Crippen LogP contribution is -2.25. The number of nitrogens with zero attached hydrogens (tertiary/aromatic N) is 1. The Labute approximate surface area is 118 Å². The van der Waals surface area contributed by atoms with E-state index in [0.717, 1.165) is 12.8 Å². The lowest BCUT2D eigenvalue weighted by Gasteiger charge is -2.09. The molecule has 1 aliphatic carbocycles. The van der Waals surface area contributed by atoms with Crippen LogP contribution >= 0.6 is 15.9 Å². The third-order valence-corrected chi connectivity index (χ3v) is 3.46. The largest absolute Gasteiger partial charge is 0.380 e. The number of anilines is 1. The van der Waals surface area contributed by atoms with Gasteiger partial charge in [-0.1, -0.05) is 0 Å². The Bertz CT molecular complexity index is 529. The first-order valence-electron chi connectivity index (χ1n) is 6.05. The van der Waals surface area contributed by atoms with Crippen LogP contribution in [0.3, 0.4) is 0 Å². The number of rotatable bonds is 5. The van der Waals surface area contributed by atoms with E-state index in [2.05, 4.69) is 26.6 Å². The zero-order valence-corrected chi connectivity index (χ0v) is 12.0. The molecule has 0 heterocycles. The molecule has 102 valence electrons. The molecule has 19 heavy (non-hydrogen) atoms. The van der Waals surface area contributed by atoms with Gasteiger partial charge in [0.25, 0.3) is 11.6 Å². The smallest absolute Gasteiger partial charge is 0.293 e. The number of halogens is 1. The number of hydrogen-bond donors (Lipinski definition) is 2. The SMILES string of the molecule is CCNc1cc(Br)c(C(=O)NC2CC2)cc1[N+](=O)[O-]. The molecule has 0 atom stereocenters. The molecule has 0 bridgehead atoms. The maximum Gasteiger partial charge on any atom is 0.293 e. The van der Waals surface area contributed by atoms with Crippen LogP contribution in [0.4, 0.5) is 11.4 Å². The first kappa shape index (κ1) is 13.8. The van der Waals surface area contributed by atoms with E-state index in [1.165, 1.54) is 6.07 Å². The Kier molecular flexibility index (Phi) is 4.04. The van der Waals surface area contributed by atoms with E-state index < -0.39 is 4.92 Å². The minimum absolute atomic E-state index is 0.0917. The van der Waals surface area contributed by atoms with Crippen LogP contribution in [0.5, 0.6) is 0 Å². The van der Waals surface area contributed by atoms with Crippen molar-refractivity contribution in [2.75, 3.05) is 11.9 Å². The van der Waals surface area contributed by atoms with Gasteiger partial charge in [-0.2, -0.15) is 0 Å². The number of nitro groups is 1. The second kappa shape index (κ2) is 5.56. The average molecular weight is 328 g/mol. The molecule has 1 saturated carbocycles. The number of amides is 1. The van der Waals surface area contributed by atoms with Gasteiger partial charge in [0, 0.05) is 23.1 Å².